The zero-order valence-electron chi connectivity index (χ0n) is 17.7. The Bertz CT molecular complexity index is 1070. The molecule has 0 bridgehead atoms. The summed E-state index contributed by atoms with van der Waals surface area (Å²) in [5.41, 5.74) is 2.57. The maximum atomic E-state index is 12.9. The van der Waals surface area contributed by atoms with E-state index in [0.717, 1.165) is 34.0 Å². The molecule has 0 spiro atoms. The first-order valence-electron chi connectivity index (χ1n) is 10.4. The fourth-order valence-corrected chi connectivity index (χ4v) is 4.05. The molecule has 0 aromatic heterocycles. The Balaban J connectivity index is 1.46. The van der Waals surface area contributed by atoms with Crippen LogP contribution in [-0.2, 0) is 0 Å². The molecule has 0 fully saturated rings. The van der Waals surface area contributed by atoms with Gasteiger partial charge in [-0.25, -0.2) is 9.80 Å². The second-order valence-electron chi connectivity index (χ2n) is 7.38. The maximum absolute atomic E-state index is 12.9. The first-order chi connectivity index (χ1) is 15.6. The van der Waals surface area contributed by atoms with Crippen LogP contribution in [0.3, 0.4) is 0 Å². The largest absolute Gasteiger partial charge is 0.494 e. The third-order valence-electron chi connectivity index (χ3n) is 5.20. The van der Waals surface area contributed by atoms with Crippen LogP contribution in [0.5, 0.6) is 5.75 Å². The quantitative estimate of drug-likeness (QED) is 0.411. The van der Waals surface area contributed by atoms with Gasteiger partial charge in [-0.3, -0.25) is 0 Å². The van der Waals surface area contributed by atoms with Crippen molar-refractivity contribution in [2.45, 2.75) is 11.3 Å². The monoisotopic (exact) mass is 465 g/mol. The topological polar surface area (TPSA) is 53.9 Å². The third kappa shape index (κ3) is 5.64. The number of nitrogens with one attached hydrogen (secondary N) is 1. The highest BCUT2D eigenvalue weighted by molar-refractivity contribution is 7.98. The lowest BCUT2D eigenvalue weighted by atomic mass is 9.95. The molecule has 1 unspecified atom stereocenters. The zero-order chi connectivity index (χ0) is 22.3. The summed E-state index contributed by atoms with van der Waals surface area (Å²) in [5, 5.41) is 9.76. The molecule has 32 heavy (non-hydrogen) atoms. The van der Waals surface area contributed by atoms with Crippen molar-refractivity contribution in [3.8, 4) is 5.75 Å². The number of rotatable bonds is 7. The zero-order valence-corrected chi connectivity index (χ0v) is 19.3. The van der Waals surface area contributed by atoms with Crippen LogP contribution in [0.2, 0.25) is 5.02 Å². The van der Waals surface area contributed by atoms with E-state index in [-0.39, 0.29) is 11.9 Å². The summed E-state index contributed by atoms with van der Waals surface area (Å²) < 4.78 is 5.89. The summed E-state index contributed by atoms with van der Waals surface area (Å²) in [6.45, 7) is 1.03. The Morgan fingerprint density at radius 2 is 1.81 bits per heavy atom. The highest BCUT2D eigenvalue weighted by Crippen LogP contribution is 2.25. The molecule has 1 heterocycles. The van der Waals surface area contributed by atoms with Gasteiger partial charge < -0.3 is 10.1 Å². The van der Waals surface area contributed by atoms with E-state index >= 15 is 0 Å². The molecule has 1 atom stereocenters. The number of urea groups is 1. The van der Waals surface area contributed by atoms with Gasteiger partial charge in [0.05, 0.1) is 18.9 Å². The lowest BCUT2D eigenvalue weighted by Crippen LogP contribution is -2.31. The normalized spacial score (nSPS) is 15.4. The molecule has 0 saturated carbocycles. The smallest absolute Gasteiger partial charge is 0.342 e. The Morgan fingerprint density at radius 3 is 2.50 bits per heavy atom. The van der Waals surface area contributed by atoms with Gasteiger partial charge in [0, 0.05) is 21.5 Å². The van der Waals surface area contributed by atoms with Crippen LogP contribution in [0.1, 0.15) is 12.0 Å². The molecule has 0 saturated heterocycles. The van der Waals surface area contributed by atoms with Gasteiger partial charge in [-0.1, -0.05) is 41.9 Å². The number of benzene rings is 3. The Labute approximate surface area is 197 Å². The van der Waals surface area contributed by atoms with E-state index in [1.807, 2.05) is 85.1 Å². The standard InChI is InChI=1S/C25H24ClN3O2S/c1-32-23-13-11-21(12-14-23)27-25(30)29-17-19(15-16-31-22-5-3-2-4-6-22)24(28-29)18-7-9-20(26)10-8-18/h2-14,19H,15-17H2,1H3,(H,27,30). The summed E-state index contributed by atoms with van der Waals surface area (Å²) in [4.78, 5) is 14.0. The molecule has 1 aliphatic heterocycles. The van der Waals surface area contributed by atoms with Crippen LogP contribution in [-0.4, -0.2) is 36.2 Å². The number of amides is 2. The van der Waals surface area contributed by atoms with Gasteiger partial charge in [0.1, 0.15) is 5.75 Å². The predicted octanol–water partition coefficient (Wildman–Crippen LogP) is 6.40. The van der Waals surface area contributed by atoms with Crippen LogP contribution < -0.4 is 10.1 Å². The Morgan fingerprint density at radius 1 is 1.09 bits per heavy atom. The number of anilines is 1. The molecular weight excluding hydrogens is 442 g/mol. The molecule has 2 amide bonds. The first kappa shape index (κ1) is 22.2. The van der Waals surface area contributed by atoms with Crippen LogP contribution in [0, 0.1) is 5.92 Å². The van der Waals surface area contributed by atoms with E-state index in [1.165, 1.54) is 5.01 Å². The van der Waals surface area contributed by atoms with E-state index in [2.05, 4.69) is 10.4 Å². The molecule has 1 aliphatic rings. The number of carbonyl (C=O) groups excluding carboxylic acids is 1. The minimum Gasteiger partial charge on any atom is -0.494 e. The van der Waals surface area contributed by atoms with Gasteiger partial charge in [0.25, 0.3) is 0 Å². The third-order valence-corrected chi connectivity index (χ3v) is 6.20. The highest BCUT2D eigenvalue weighted by Gasteiger charge is 2.31. The molecule has 7 heteroatoms. The summed E-state index contributed by atoms with van der Waals surface area (Å²) in [6, 6.07) is 24.8. The lowest BCUT2D eigenvalue weighted by molar-refractivity contribution is 0.212. The average molecular weight is 466 g/mol. The second kappa shape index (κ2) is 10.6. The molecule has 4 rings (SSSR count). The average Bonchev–Trinajstić information content (AvgIpc) is 3.25. The van der Waals surface area contributed by atoms with Crippen molar-refractivity contribution in [3.63, 3.8) is 0 Å². The van der Waals surface area contributed by atoms with Crippen LogP contribution in [0.15, 0.2) is 88.9 Å². The minimum atomic E-state index is -0.250. The van der Waals surface area contributed by atoms with E-state index in [9.17, 15) is 4.79 Å². The summed E-state index contributed by atoms with van der Waals surface area (Å²) >= 11 is 7.72. The lowest BCUT2D eigenvalue weighted by Gasteiger charge is -2.16. The Kier molecular flexibility index (Phi) is 7.35. The van der Waals surface area contributed by atoms with Gasteiger partial charge in [0.2, 0.25) is 0 Å². The number of halogens is 1. The van der Waals surface area contributed by atoms with E-state index in [4.69, 9.17) is 16.3 Å². The van der Waals surface area contributed by atoms with Crippen molar-refractivity contribution < 1.29 is 9.53 Å². The molecule has 1 N–H and O–H groups in total. The molecule has 3 aromatic carbocycles. The van der Waals surface area contributed by atoms with E-state index in [1.54, 1.807) is 11.8 Å². The molecule has 5 nitrogen and oxygen atoms in total. The fraction of sp³-hybridized carbons (Fsp3) is 0.200. The number of nitrogens with zero attached hydrogens (tertiary/aromatic N) is 2. The minimum absolute atomic E-state index is 0.0597. The molecular formula is C25H24ClN3O2S. The number of hydrazone groups is 1. The summed E-state index contributed by atoms with van der Waals surface area (Å²) in [7, 11) is 0. The molecule has 0 radical (unpaired) electrons. The maximum Gasteiger partial charge on any atom is 0.342 e. The van der Waals surface area contributed by atoms with Crippen LogP contribution >= 0.6 is 23.4 Å². The number of carbonyl (C=O) groups is 1. The second-order valence-corrected chi connectivity index (χ2v) is 8.70. The summed E-state index contributed by atoms with van der Waals surface area (Å²) in [6.07, 6.45) is 2.76. The van der Waals surface area contributed by atoms with E-state index in [0.29, 0.717) is 18.2 Å². The van der Waals surface area contributed by atoms with Crippen molar-refractivity contribution in [2.75, 3.05) is 24.7 Å². The highest BCUT2D eigenvalue weighted by atomic mass is 35.5. The van der Waals surface area contributed by atoms with Gasteiger partial charge in [-0.2, -0.15) is 5.10 Å². The van der Waals surface area contributed by atoms with Gasteiger partial charge in [0.15, 0.2) is 0 Å². The number of para-hydroxylation sites is 1. The van der Waals surface area contributed by atoms with E-state index < -0.39 is 0 Å². The fourth-order valence-electron chi connectivity index (χ4n) is 3.52. The first-order valence-corrected chi connectivity index (χ1v) is 12.0. The Hall–Kier alpha value is -2.96. The van der Waals surface area contributed by atoms with Crippen LogP contribution in [0.25, 0.3) is 0 Å². The van der Waals surface area contributed by atoms with Gasteiger partial charge in [-0.15, -0.1) is 11.8 Å². The van der Waals surface area contributed by atoms with Crippen molar-refractivity contribution in [3.05, 3.63) is 89.4 Å². The van der Waals surface area contributed by atoms with Crippen molar-refractivity contribution >= 4 is 40.8 Å². The predicted molar refractivity (Wildman–Crippen MR) is 132 cm³/mol. The van der Waals surface area contributed by atoms with Crippen molar-refractivity contribution in [2.24, 2.45) is 11.0 Å². The van der Waals surface area contributed by atoms with Crippen LogP contribution in [0.4, 0.5) is 10.5 Å². The van der Waals surface area contributed by atoms with Crippen molar-refractivity contribution in [1.29, 1.82) is 0 Å². The number of hydrogen-bond donors (Lipinski definition) is 1. The molecule has 164 valence electrons. The van der Waals surface area contributed by atoms with Crippen molar-refractivity contribution in [1.82, 2.24) is 5.01 Å². The molecule has 0 aliphatic carbocycles. The molecule has 3 aromatic rings. The number of ether oxygens (including phenoxy) is 1. The number of hydrogen-bond acceptors (Lipinski definition) is 4. The SMILES string of the molecule is CSc1ccc(NC(=O)N2CC(CCOc3ccccc3)C(c3ccc(Cl)cc3)=N2)cc1. The number of thioether (sulfide) groups is 1. The van der Waals surface area contributed by atoms with Gasteiger partial charge >= 0.3 is 6.03 Å². The summed E-state index contributed by atoms with van der Waals surface area (Å²) in [5.74, 6) is 0.892. The van der Waals surface area contributed by atoms with Gasteiger partial charge in [-0.05, 0) is 66.8 Å².